The Morgan fingerprint density at radius 3 is 2.26 bits per heavy atom. The molecule has 0 spiro atoms. The summed E-state index contributed by atoms with van der Waals surface area (Å²) in [6.07, 6.45) is -3.72. The van der Waals surface area contributed by atoms with E-state index >= 15 is 0 Å². The molecule has 1 saturated heterocycles. The standard InChI is InChI=1S/C11H17F3N2O3/c1-10(9(18)19)2-4-16(5-3-10)8(17)6-15-7-11(12,13)14/h15H,2-7H2,1H3,(H,18,19). The molecule has 5 nitrogen and oxygen atoms in total. The molecule has 0 aromatic rings. The Morgan fingerprint density at radius 1 is 1.32 bits per heavy atom. The van der Waals surface area contributed by atoms with Gasteiger partial charge in [-0.15, -0.1) is 0 Å². The minimum Gasteiger partial charge on any atom is -0.481 e. The van der Waals surface area contributed by atoms with Crippen LogP contribution in [-0.2, 0) is 9.59 Å². The molecule has 1 fully saturated rings. The number of aliphatic carboxylic acids is 1. The average molecular weight is 282 g/mol. The maximum atomic E-state index is 11.9. The van der Waals surface area contributed by atoms with Gasteiger partial charge in [-0.25, -0.2) is 0 Å². The van der Waals surface area contributed by atoms with E-state index in [1.807, 2.05) is 5.32 Å². The number of hydrogen-bond donors (Lipinski definition) is 2. The molecular formula is C11H17F3N2O3. The van der Waals surface area contributed by atoms with Crippen LogP contribution in [0, 0.1) is 5.41 Å². The predicted molar refractivity (Wildman–Crippen MR) is 60.5 cm³/mol. The van der Waals surface area contributed by atoms with E-state index in [-0.39, 0.29) is 19.6 Å². The highest BCUT2D eigenvalue weighted by Crippen LogP contribution is 2.30. The molecule has 0 radical (unpaired) electrons. The normalized spacial score (nSPS) is 19.3. The number of nitrogens with zero attached hydrogens (tertiary/aromatic N) is 1. The molecular weight excluding hydrogens is 265 g/mol. The second-order valence-electron chi connectivity index (χ2n) is 4.97. The Morgan fingerprint density at radius 2 is 1.84 bits per heavy atom. The minimum atomic E-state index is -4.34. The molecule has 0 saturated carbocycles. The third kappa shape index (κ3) is 4.70. The summed E-state index contributed by atoms with van der Waals surface area (Å²) in [4.78, 5) is 24.0. The quantitative estimate of drug-likeness (QED) is 0.802. The molecule has 0 aliphatic carbocycles. The zero-order valence-electron chi connectivity index (χ0n) is 10.6. The SMILES string of the molecule is CC1(C(=O)O)CCN(C(=O)CNCC(F)(F)F)CC1. The Balaban J connectivity index is 2.35. The zero-order valence-corrected chi connectivity index (χ0v) is 10.6. The lowest BCUT2D eigenvalue weighted by Crippen LogP contribution is -2.48. The number of carbonyl (C=O) groups excluding carboxylic acids is 1. The number of amides is 1. The van der Waals surface area contributed by atoms with Crippen molar-refractivity contribution < 1.29 is 27.9 Å². The van der Waals surface area contributed by atoms with Crippen molar-refractivity contribution in [3.63, 3.8) is 0 Å². The van der Waals surface area contributed by atoms with Gasteiger partial charge >= 0.3 is 12.1 Å². The first-order valence-electron chi connectivity index (χ1n) is 5.93. The molecule has 19 heavy (non-hydrogen) atoms. The molecule has 0 unspecified atom stereocenters. The van der Waals surface area contributed by atoms with Crippen LogP contribution in [0.25, 0.3) is 0 Å². The number of rotatable bonds is 4. The van der Waals surface area contributed by atoms with E-state index in [4.69, 9.17) is 5.11 Å². The number of alkyl halides is 3. The number of likely N-dealkylation sites (tertiary alicyclic amines) is 1. The fourth-order valence-corrected chi connectivity index (χ4v) is 1.89. The van der Waals surface area contributed by atoms with Crippen LogP contribution in [0.4, 0.5) is 13.2 Å². The van der Waals surface area contributed by atoms with E-state index in [0.717, 1.165) is 0 Å². The summed E-state index contributed by atoms with van der Waals surface area (Å²) in [5, 5.41) is 11.0. The lowest BCUT2D eigenvalue weighted by atomic mass is 9.80. The summed E-state index contributed by atoms with van der Waals surface area (Å²) in [5.74, 6) is -1.34. The third-order valence-corrected chi connectivity index (χ3v) is 3.34. The van der Waals surface area contributed by atoms with Gasteiger partial charge in [0.15, 0.2) is 0 Å². The first-order valence-corrected chi connectivity index (χ1v) is 5.93. The van der Waals surface area contributed by atoms with Gasteiger partial charge < -0.3 is 15.3 Å². The van der Waals surface area contributed by atoms with Gasteiger partial charge in [0.25, 0.3) is 0 Å². The Kier molecular flexibility index (Phi) is 4.78. The van der Waals surface area contributed by atoms with Gasteiger partial charge in [0.05, 0.1) is 18.5 Å². The van der Waals surface area contributed by atoms with Gasteiger partial charge in [-0.3, -0.25) is 9.59 Å². The fourth-order valence-electron chi connectivity index (χ4n) is 1.89. The summed E-state index contributed by atoms with van der Waals surface area (Å²) in [6, 6.07) is 0. The largest absolute Gasteiger partial charge is 0.481 e. The summed E-state index contributed by atoms with van der Waals surface area (Å²) in [5.41, 5.74) is -0.851. The smallest absolute Gasteiger partial charge is 0.401 e. The minimum absolute atomic E-state index is 0.259. The highest BCUT2D eigenvalue weighted by Gasteiger charge is 2.38. The van der Waals surface area contributed by atoms with Crippen LogP contribution in [0.5, 0.6) is 0 Å². The van der Waals surface area contributed by atoms with Gasteiger partial charge in [0.2, 0.25) is 5.91 Å². The second-order valence-corrected chi connectivity index (χ2v) is 4.97. The van der Waals surface area contributed by atoms with E-state index in [0.29, 0.717) is 12.8 Å². The lowest BCUT2D eigenvalue weighted by molar-refractivity contribution is -0.153. The first-order chi connectivity index (χ1) is 8.64. The van der Waals surface area contributed by atoms with Crippen molar-refractivity contribution in [3.05, 3.63) is 0 Å². The highest BCUT2D eigenvalue weighted by molar-refractivity contribution is 5.79. The lowest BCUT2D eigenvalue weighted by Gasteiger charge is -2.36. The van der Waals surface area contributed by atoms with Crippen LogP contribution in [0.3, 0.4) is 0 Å². The second kappa shape index (κ2) is 5.77. The zero-order chi connectivity index (χ0) is 14.7. The number of nitrogens with one attached hydrogen (secondary N) is 1. The highest BCUT2D eigenvalue weighted by atomic mass is 19.4. The third-order valence-electron chi connectivity index (χ3n) is 3.34. The topological polar surface area (TPSA) is 69.6 Å². The van der Waals surface area contributed by atoms with Crippen LogP contribution < -0.4 is 5.32 Å². The van der Waals surface area contributed by atoms with Crippen molar-refractivity contribution in [2.75, 3.05) is 26.2 Å². The van der Waals surface area contributed by atoms with Crippen LogP contribution in [-0.4, -0.2) is 54.2 Å². The van der Waals surface area contributed by atoms with E-state index in [9.17, 15) is 22.8 Å². The molecule has 1 amide bonds. The Labute approximate surface area is 108 Å². The van der Waals surface area contributed by atoms with Gasteiger partial charge in [-0.05, 0) is 19.8 Å². The molecule has 110 valence electrons. The molecule has 2 N–H and O–H groups in total. The molecule has 0 aromatic carbocycles. The van der Waals surface area contributed by atoms with Gasteiger partial charge in [0.1, 0.15) is 0 Å². The number of hydrogen-bond acceptors (Lipinski definition) is 3. The Bertz CT molecular complexity index is 350. The summed E-state index contributed by atoms with van der Waals surface area (Å²) in [7, 11) is 0. The van der Waals surface area contributed by atoms with Crippen molar-refractivity contribution in [1.29, 1.82) is 0 Å². The molecule has 1 rings (SSSR count). The van der Waals surface area contributed by atoms with Crippen molar-refractivity contribution in [2.45, 2.75) is 25.9 Å². The van der Waals surface area contributed by atoms with Crippen molar-refractivity contribution in [3.8, 4) is 0 Å². The monoisotopic (exact) mass is 282 g/mol. The molecule has 0 atom stereocenters. The van der Waals surface area contributed by atoms with Crippen molar-refractivity contribution in [2.24, 2.45) is 5.41 Å². The molecule has 0 bridgehead atoms. The molecule has 1 aliphatic rings. The molecule has 1 heterocycles. The maximum Gasteiger partial charge on any atom is 0.401 e. The van der Waals surface area contributed by atoms with E-state index < -0.39 is 30.0 Å². The van der Waals surface area contributed by atoms with Crippen LogP contribution in [0.2, 0.25) is 0 Å². The predicted octanol–water partition coefficient (Wildman–Crippen LogP) is 0.852. The van der Waals surface area contributed by atoms with E-state index in [1.165, 1.54) is 4.90 Å². The van der Waals surface area contributed by atoms with Gasteiger partial charge in [-0.1, -0.05) is 0 Å². The van der Waals surface area contributed by atoms with E-state index in [1.54, 1.807) is 6.92 Å². The summed E-state index contributed by atoms with van der Waals surface area (Å²) >= 11 is 0. The van der Waals surface area contributed by atoms with E-state index in [2.05, 4.69) is 0 Å². The number of halogens is 3. The first kappa shape index (κ1) is 15.7. The fraction of sp³-hybridized carbons (Fsp3) is 0.818. The number of piperidine rings is 1. The summed E-state index contributed by atoms with van der Waals surface area (Å²) in [6.45, 7) is 0.534. The van der Waals surface area contributed by atoms with Crippen molar-refractivity contribution >= 4 is 11.9 Å². The number of carbonyl (C=O) groups is 2. The summed E-state index contributed by atoms with van der Waals surface area (Å²) < 4.78 is 35.7. The van der Waals surface area contributed by atoms with Crippen LogP contribution >= 0.6 is 0 Å². The Hall–Kier alpha value is -1.31. The van der Waals surface area contributed by atoms with Crippen molar-refractivity contribution in [1.82, 2.24) is 10.2 Å². The van der Waals surface area contributed by atoms with Crippen LogP contribution in [0.1, 0.15) is 19.8 Å². The number of carboxylic acid groups (broad SMARTS) is 1. The van der Waals surface area contributed by atoms with Gasteiger partial charge in [-0.2, -0.15) is 13.2 Å². The van der Waals surface area contributed by atoms with Crippen LogP contribution in [0.15, 0.2) is 0 Å². The molecule has 0 aromatic heterocycles. The molecule has 1 aliphatic heterocycles. The number of carboxylic acids is 1. The maximum absolute atomic E-state index is 11.9. The van der Waals surface area contributed by atoms with Gasteiger partial charge in [0, 0.05) is 13.1 Å². The molecule has 8 heteroatoms. The average Bonchev–Trinajstić information content (AvgIpc) is 2.27.